The third kappa shape index (κ3) is 2.80. The Bertz CT molecular complexity index is 702. The summed E-state index contributed by atoms with van der Waals surface area (Å²) in [6.45, 7) is 0. The summed E-state index contributed by atoms with van der Waals surface area (Å²) in [7, 11) is 3.03. The van der Waals surface area contributed by atoms with Crippen molar-refractivity contribution in [2.45, 2.75) is 0 Å². The van der Waals surface area contributed by atoms with Gasteiger partial charge in [-0.2, -0.15) is 0 Å². The minimum atomic E-state index is -0.243. The number of hydrogen-bond acceptors (Lipinski definition) is 5. The van der Waals surface area contributed by atoms with Gasteiger partial charge in [-0.05, 0) is 46.3 Å². The fourth-order valence-corrected chi connectivity index (χ4v) is 2.68. The monoisotopic (exact) mass is 350 g/mol. The molecule has 0 aliphatic rings. The summed E-state index contributed by atoms with van der Waals surface area (Å²) in [5.74, 6) is 0.733. The van der Waals surface area contributed by atoms with Gasteiger partial charge in [0.1, 0.15) is 16.0 Å². The van der Waals surface area contributed by atoms with Crippen LogP contribution in [0.4, 0.5) is 11.4 Å². The molecule has 0 atom stereocenters. The van der Waals surface area contributed by atoms with Gasteiger partial charge in [0.2, 0.25) is 0 Å². The van der Waals surface area contributed by atoms with Crippen LogP contribution >= 0.6 is 15.9 Å². The standard InChI is InChI=1S/C15H15BrN2O3/c1-20-12-6-5-10(15(21-2)13(12)16)14(19)9-4-3-8(17)7-11(9)18/h3-7H,17-18H2,1-2H3. The Morgan fingerprint density at radius 1 is 1.05 bits per heavy atom. The zero-order chi connectivity index (χ0) is 15.6. The molecule has 2 aromatic rings. The van der Waals surface area contributed by atoms with Crippen LogP contribution in [0.1, 0.15) is 15.9 Å². The van der Waals surface area contributed by atoms with E-state index in [2.05, 4.69) is 15.9 Å². The summed E-state index contributed by atoms with van der Waals surface area (Å²) in [4.78, 5) is 12.6. The molecule has 110 valence electrons. The Balaban J connectivity index is 2.55. The van der Waals surface area contributed by atoms with E-state index < -0.39 is 0 Å². The third-order valence-electron chi connectivity index (χ3n) is 3.05. The van der Waals surface area contributed by atoms with Crippen molar-refractivity contribution in [3.63, 3.8) is 0 Å². The largest absolute Gasteiger partial charge is 0.495 e. The van der Waals surface area contributed by atoms with Gasteiger partial charge in [-0.3, -0.25) is 4.79 Å². The van der Waals surface area contributed by atoms with Gasteiger partial charge in [-0.15, -0.1) is 0 Å². The first-order chi connectivity index (χ1) is 9.99. The van der Waals surface area contributed by atoms with Crippen molar-refractivity contribution in [1.82, 2.24) is 0 Å². The predicted molar refractivity (Wildman–Crippen MR) is 85.9 cm³/mol. The maximum atomic E-state index is 12.6. The molecule has 0 unspecified atom stereocenters. The van der Waals surface area contributed by atoms with Crippen molar-refractivity contribution in [3.05, 3.63) is 45.9 Å². The van der Waals surface area contributed by atoms with Crippen molar-refractivity contribution in [2.75, 3.05) is 25.7 Å². The van der Waals surface area contributed by atoms with E-state index in [-0.39, 0.29) is 5.78 Å². The number of hydrogen-bond donors (Lipinski definition) is 2. The number of carbonyl (C=O) groups is 1. The molecule has 0 saturated heterocycles. The van der Waals surface area contributed by atoms with Crippen LogP contribution in [0.5, 0.6) is 11.5 Å². The quantitative estimate of drug-likeness (QED) is 0.653. The summed E-state index contributed by atoms with van der Waals surface area (Å²) in [6.07, 6.45) is 0. The molecule has 0 spiro atoms. The van der Waals surface area contributed by atoms with Gasteiger partial charge in [0.25, 0.3) is 0 Å². The van der Waals surface area contributed by atoms with E-state index in [9.17, 15) is 4.79 Å². The number of halogens is 1. The van der Waals surface area contributed by atoms with Crippen LogP contribution in [0, 0.1) is 0 Å². The van der Waals surface area contributed by atoms with Crippen LogP contribution in [0.25, 0.3) is 0 Å². The molecule has 0 amide bonds. The molecular formula is C15H15BrN2O3. The lowest BCUT2D eigenvalue weighted by molar-refractivity contribution is 0.103. The molecule has 0 heterocycles. The number of methoxy groups -OCH3 is 2. The van der Waals surface area contributed by atoms with Crippen LogP contribution in [0.2, 0.25) is 0 Å². The van der Waals surface area contributed by atoms with E-state index in [1.807, 2.05) is 0 Å². The SMILES string of the molecule is COc1ccc(C(=O)c2ccc(N)cc2N)c(OC)c1Br. The molecule has 0 aromatic heterocycles. The molecule has 0 bridgehead atoms. The van der Waals surface area contributed by atoms with Crippen LogP contribution in [-0.4, -0.2) is 20.0 Å². The van der Waals surface area contributed by atoms with E-state index in [4.69, 9.17) is 20.9 Å². The minimum absolute atomic E-state index is 0.243. The highest BCUT2D eigenvalue weighted by molar-refractivity contribution is 9.10. The van der Waals surface area contributed by atoms with Gasteiger partial charge in [0, 0.05) is 16.9 Å². The highest BCUT2D eigenvalue weighted by atomic mass is 79.9. The van der Waals surface area contributed by atoms with Crippen LogP contribution in [0.15, 0.2) is 34.8 Å². The minimum Gasteiger partial charge on any atom is -0.495 e. The zero-order valence-electron chi connectivity index (χ0n) is 11.6. The van der Waals surface area contributed by atoms with Gasteiger partial charge >= 0.3 is 0 Å². The maximum absolute atomic E-state index is 12.6. The zero-order valence-corrected chi connectivity index (χ0v) is 13.2. The number of anilines is 2. The Hall–Kier alpha value is -2.21. The number of nitrogen functional groups attached to an aromatic ring is 2. The Morgan fingerprint density at radius 2 is 1.71 bits per heavy atom. The van der Waals surface area contributed by atoms with Crippen LogP contribution in [0.3, 0.4) is 0 Å². The van der Waals surface area contributed by atoms with E-state index in [1.165, 1.54) is 7.11 Å². The van der Waals surface area contributed by atoms with E-state index in [1.54, 1.807) is 37.4 Å². The third-order valence-corrected chi connectivity index (χ3v) is 3.80. The highest BCUT2D eigenvalue weighted by Gasteiger charge is 2.21. The predicted octanol–water partition coefficient (Wildman–Crippen LogP) is 2.86. The smallest absolute Gasteiger partial charge is 0.198 e. The molecule has 0 saturated carbocycles. The second-order valence-corrected chi connectivity index (χ2v) is 5.13. The molecule has 0 aliphatic heterocycles. The van der Waals surface area contributed by atoms with Crippen molar-refractivity contribution in [1.29, 1.82) is 0 Å². The topological polar surface area (TPSA) is 87.6 Å². The highest BCUT2D eigenvalue weighted by Crippen LogP contribution is 2.38. The van der Waals surface area contributed by atoms with Gasteiger partial charge in [0.05, 0.1) is 19.8 Å². The number of carbonyl (C=O) groups excluding carboxylic acids is 1. The Kier molecular flexibility index (Phi) is 4.37. The lowest BCUT2D eigenvalue weighted by Gasteiger charge is -2.13. The summed E-state index contributed by atoms with van der Waals surface area (Å²) in [6, 6.07) is 8.12. The van der Waals surface area contributed by atoms with Crippen molar-refractivity contribution in [3.8, 4) is 11.5 Å². The number of benzene rings is 2. The van der Waals surface area contributed by atoms with E-state index >= 15 is 0 Å². The van der Waals surface area contributed by atoms with Crippen LogP contribution in [-0.2, 0) is 0 Å². The fraction of sp³-hybridized carbons (Fsp3) is 0.133. The van der Waals surface area contributed by atoms with E-state index in [0.29, 0.717) is 38.5 Å². The van der Waals surface area contributed by atoms with Crippen LogP contribution < -0.4 is 20.9 Å². The maximum Gasteiger partial charge on any atom is 0.198 e. The summed E-state index contributed by atoms with van der Waals surface area (Å²) in [5.41, 5.74) is 13.1. The summed E-state index contributed by atoms with van der Waals surface area (Å²) >= 11 is 3.37. The van der Waals surface area contributed by atoms with Crippen molar-refractivity contribution < 1.29 is 14.3 Å². The first kappa shape index (κ1) is 15.2. The second kappa shape index (κ2) is 6.05. The molecule has 5 nitrogen and oxygen atoms in total. The number of ketones is 1. The first-order valence-corrected chi connectivity index (χ1v) is 6.89. The van der Waals surface area contributed by atoms with Crippen molar-refractivity contribution >= 4 is 33.1 Å². The first-order valence-electron chi connectivity index (χ1n) is 6.09. The normalized spacial score (nSPS) is 10.2. The molecule has 21 heavy (non-hydrogen) atoms. The van der Waals surface area contributed by atoms with Gasteiger partial charge in [0.15, 0.2) is 5.78 Å². The Morgan fingerprint density at radius 3 is 2.29 bits per heavy atom. The lowest BCUT2D eigenvalue weighted by atomic mass is 10.0. The number of ether oxygens (including phenoxy) is 2. The molecular weight excluding hydrogens is 336 g/mol. The molecule has 0 radical (unpaired) electrons. The molecule has 6 heteroatoms. The fourth-order valence-electron chi connectivity index (χ4n) is 2.01. The average Bonchev–Trinajstić information content (AvgIpc) is 2.46. The van der Waals surface area contributed by atoms with Gasteiger partial charge < -0.3 is 20.9 Å². The van der Waals surface area contributed by atoms with Gasteiger partial charge in [-0.25, -0.2) is 0 Å². The summed E-state index contributed by atoms with van der Waals surface area (Å²) in [5, 5.41) is 0. The number of nitrogens with two attached hydrogens (primary N) is 2. The molecule has 4 N–H and O–H groups in total. The van der Waals surface area contributed by atoms with Crippen molar-refractivity contribution in [2.24, 2.45) is 0 Å². The van der Waals surface area contributed by atoms with E-state index in [0.717, 1.165) is 0 Å². The molecule has 2 rings (SSSR count). The Labute approximate surface area is 131 Å². The van der Waals surface area contributed by atoms with Gasteiger partial charge in [-0.1, -0.05) is 0 Å². The molecule has 0 fully saturated rings. The molecule has 2 aromatic carbocycles. The second-order valence-electron chi connectivity index (χ2n) is 4.34. The average molecular weight is 351 g/mol. The summed E-state index contributed by atoms with van der Waals surface area (Å²) < 4.78 is 11.1. The lowest BCUT2D eigenvalue weighted by Crippen LogP contribution is -2.08. The number of rotatable bonds is 4. The molecule has 0 aliphatic carbocycles.